The zero-order valence-electron chi connectivity index (χ0n) is 27.5. The molecule has 0 aliphatic carbocycles. The Bertz CT molecular complexity index is 2040. The van der Waals surface area contributed by atoms with E-state index in [1.54, 1.807) is 75.9 Å². The van der Waals surface area contributed by atoms with Crippen molar-refractivity contribution < 1.29 is 43.1 Å². The Balaban J connectivity index is 0.000000206. The molecule has 0 fully saturated rings. The minimum absolute atomic E-state index is 0.0708. The Kier molecular flexibility index (Phi) is 9.65. The fourth-order valence-electron chi connectivity index (χ4n) is 5.34. The van der Waals surface area contributed by atoms with Crippen LogP contribution in [0.2, 0.25) is 0 Å². The molecule has 5 aromatic rings. The minimum Gasteiger partial charge on any atom is -0.508 e. The summed E-state index contributed by atoms with van der Waals surface area (Å²) in [6, 6.07) is 19.9. The monoisotopic (exact) mass is 652 g/mol. The Labute approximate surface area is 277 Å². The first-order valence-electron chi connectivity index (χ1n) is 14.9. The van der Waals surface area contributed by atoms with Gasteiger partial charge in [-0.3, -0.25) is 4.79 Å². The number of carbonyl (C=O) groups is 1. The number of rotatable bonds is 8. The number of phenolic OH excluding ortho intramolecular Hbond substituents is 2. The third-order valence-corrected chi connectivity index (χ3v) is 7.72. The molecule has 0 radical (unpaired) electrons. The van der Waals surface area contributed by atoms with Crippen LogP contribution in [-0.4, -0.2) is 50.0 Å². The molecule has 1 aromatic heterocycles. The highest BCUT2D eigenvalue weighted by molar-refractivity contribution is 6.00. The van der Waals surface area contributed by atoms with Crippen LogP contribution in [0.5, 0.6) is 40.2 Å². The average Bonchev–Trinajstić information content (AvgIpc) is 3.07. The third-order valence-electron chi connectivity index (χ3n) is 7.72. The summed E-state index contributed by atoms with van der Waals surface area (Å²) < 4.78 is 33.4. The van der Waals surface area contributed by atoms with Gasteiger partial charge in [0.25, 0.3) is 0 Å². The molecular formula is C38H36O10. The van der Waals surface area contributed by atoms with Crippen molar-refractivity contribution in [3.8, 4) is 51.4 Å². The summed E-state index contributed by atoms with van der Waals surface area (Å²) >= 11 is 0. The highest BCUT2D eigenvalue weighted by atomic mass is 16.5. The van der Waals surface area contributed by atoms with Gasteiger partial charge >= 0.3 is 5.63 Å². The van der Waals surface area contributed by atoms with E-state index >= 15 is 0 Å². The number of hydrogen-bond acceptors (Lipinski definition) is 10. The summed E-state index contributed by atoms with van der Waals surface area (Å²) in [6.07, 6.45) is 4.09. The topological polar surface area (TPSA) is 134 Å². The standard InChI is InChI=1S/C23H22O6.C15H14O4/c1-23(2)11-10-15-16(29-23)12-17-19(20(15)26-4)21(27-5)18(22(24)28-17)13-6-8-14(25-3)9-7-13;1-19-12-5-2-10(3-6-12)8-14(17)13-7-4-11(16)9-15(13)18/h6-12H,1-5H3;2-7,9,16,18H,8H2,1H3. The molecule has 4 aromatic carbocycles. The fourth-order valence-corrected chi connectivity index (χ4v) is 5.34. The molecule has 1 aliphatic heterocycles. The summed E-state index contributed by atoms with van der Waals surface area (Å²) in [6.45, 7) is 3.90. The van der Waals surface area contributed by atoms with Crippen molar-refractivity contribution in [2.45, 2.75) is 25.9 Å². The quantitative estimate of drug-likeness (QED) is 0.131. The van der Waals surface area contributed by atoms with E-state index in [0.717, 1.165) is 22.9 Å². The van der Waals surface area contributed by atoms with Gasteiger partial charge in [0.2, 0.25) is 0 Å². The van der Waals surface area contributed by atoms with E-state index in [2.05, 4.69) is 0 Å². The predicted molar refractivity (Wildman–Crippen MR) is 182 cm³/mol. The van der Waals surface area contributed by atoms with E-state index in [1.807, 2.05) is 26.0 Å². The van der Waals surface area contributed by atoms with Gasteiger partial charge in [0.15, 0.2) is 5.78 Å². The van der Waals surface area contributed by atoms with Gasteiger partial charge in [-0.15, -0.1) is 0 Å². The lowest BCUT2D eigenvalue weighted by atomic mass is 9.98. The van der Waals surface area contributed by atoms with Gasteiger partial charge < -0.3 is 38.3 Å². The molecule has 0 bridgehead atoms. The molecule has 0 saturated heterocycles. The van der Waals surface area contributed by atoms with Gasteiger partial charge in [0.05, 0.1) is 39.6 Å². The highest BCUT2D eigenvalue weighted by Crippen LogP contribution is 2.47. The Morgan fingerprint density at radius 1 is 0.792 bits per heavy atom. The van der Waals surface area contributed by atoms with Crippen molar-refractivity contribution in [3.63, 3.8) is 0 Å². The van der Waals surface area contributed by atoms with Gasteiger partial charge in [0, 0.05) is 18.6 Å². The summed E-state index contributed by atoms with van der Waals surface area (Å²) in [5.74, 6) is 2.43. The van der Waals surface area contributed by atoms with Gasteiger partial charge in [-0.1, -0.05) is 24.3 Å². The van der Waals surface area contributed by atoms with Crippen molar-refractivity contribution in [1.82, 2.24) is 0 Å². The molecular weight excluding hydrogens is 616 g/mol. The van der Waals surface area contributed by atoms with Crippen LogP contribution >= 0.6 is 0 Å². The molecule has 0 atom stereocenters. The zero-order chi connectivity index (χ0) is 34.6. The lowest BCUT2D eigenvalue weighted by Gasteiger charge is -2.29. The smallest absolute Gasteiger partial charge is 0.347 e. The zero-order valence-corrected chi connectivity index (χ0v) is 27.5. The molecule has 48 heavy (non-hydrogen) atoms. The van der Waals surface area contributed by atoms with Crippen LogP contribution in [0.3, 0.4) is 0 Å². The van der Waals surface area contributed by atoms with Crippen molar-refractivity contribution in [2.24, 2.45) is 0 Å². The molecule has 10 nitrogen and oxygen atoms in total. The highest BCUT2D eigenvalue weighted by Gasteiger charge is 2.29. The number of phenols is 2. The normalized spacial score (nSPS) is 12.6. The maximum absolute atomic E-state index is 12.9. The Morgan fingerprint density at radius 2 is 1.42 bits per heavy atom. The summed E-state index contributed by atoms with van der Waals surface area (Å²) in [5, 5.41) is 19.4. The Hall–Kier alpha value is -5.90. The molecule has 6 rings (SSSR count). The van der Waals surface area contributed by atoms with Crippen LogP contribution in [-0.2, 0) is 6.42 Å². The largest absolute Gasteiger partial charge is 0.508 e. The van der Waals surface area contributed by atoms with E-state index in [0.29, 0.717) is 45.1 Å². The van der Waals surface area contributed by atoms with Crippen molar-refractivity contribution in [1.29, 1.82) is 0 Å². The Morgan fingerprint density at radius 3 is 2.00 bits per heavy atom. The number of benzene rings is 4. The summed E-state index contributed by atoms with van der Waals surface area (Å²) in [4.78, 5) is 24.9. The first-order valence-corrected chi connectivity index (χ1v) is 14.9. The maximum atomic E-state index is 12.9. The molecule has 0 amide bonds. The molecule has 10 heteroatoms. The van der Waals surface area contributed by atoms with Crippen molar-refractivity contribution in [3.05, 3.63) is 106 Å². The van der Waals surface area contributed by atoms with Gasteiger partial charge in [-0.2, -0.15) is 0 Å². The van der Waals surface area contributed by atoms with E-state index in [1.165, 1.54) is 19.2 Å². The summed E-state index contributed by atoms with van der Waals surface area (Å²) in [7, 11) is 6.26. The van der Waals surface area contributed by atoms with Crippen LogP contribution in [0.1, 0.15) is 35.3 Å². The first-order chi connectivity index (χ1) is 23.0. The van der Waals surface area contributed by atoms with Gasteiger partial charge in [-0.05, 0) is 73.5 Å². The molecule has 2 N–H and O–H groups in total. The SMILES string of the molecule is COc1ccc(-c2c(OC)c3c(OC)c4c(cc3oc2=O)OC(C)(C)C=C4)cc1.COc1ccc(CC(=O)c2ccc(O)cc2O)cc1. The lowest BCUT2D eigenvalue weighted by Crippen LogP contribution is -2.27. The summed E-state index contributed by atoms with van der Waals surface area (Å²) in [5.41, 5.74) is 2.14. The van der Waals surface area contributed by atoms with Crippen LogP contribution in [0.15, 0.2) is 88.1 Å². The fraction of sp³-hybridized carbons (Fsp3) is 0.211. The molecule has 0 spiro atoms. The second-order valence-electron chi connectivity index (χ2n) is 11.4. The number of methoxy groups -OCH3 is 4. The molecule has 248 valence electrons. The number of carbonyl (C=O) groups excluding carboxylic acids is 1. The number of hydrogen-bond donors (Lipinski definition) is 2. The number of ketones is 1. The number of fused-ring (bicyclic) bond motifs is 2. The van der Waals surface area contributed by atoms with E-state index < -0.39 is 11.2 Å². The maximum Gasteiger partial charge on any atom is 0.347 e. The third kappa shape index (κ3) is 6.92. The van der Waals surface area contributed by atoms with E-state index in [-0.39, 0.29) is 29.3 Å². The first kappa shape index (κ1) is 33.5. The van der Waals surface area contributed by atoms with Crippen molar-refractivity contribution in [2.75, 3.05) is 28.4 Å². The molecule has 0 unspecified atom stereocenters. The van der Waals surface area contributed by atoms with Crippen LogP contribution in [0.4, 0.5) is 0 Å². The predicted octanol–water partition coefficient (Wildman–Crippen LogP) is 7.20. The minimum atomic E-state index is -0.507. The molecule has 1 aliphatic rings. The van der Waals surface area contributed by atoms with E-state index in [9.17, 15) is 19.8 Å². The number of aromatic hydroxyl groups is 2. The second kappa shape index (κ2) is 13.8. The average molecular weight is 653 g/mol. The second-order valence-corrected chi connectivity index (χ2v) is 11.4. The molecule has 0 saturated carbocycles. The van der Waals surface area contributed by atoms with Crippen molar-refractivity contribution >= 4 is 22.8 Å². The van der Waals surface area contributed by atoms with Crippen LogP contribution in [0, 0.1) is 0 Å². The lowest BCUT2D eigenvalue weighted by molar-refractivity contribution is 0.0990. The number of Topliss-reactive ketones (excluding diaryl/α,β-unsaturated/α-hetero) is 1. The molecule has 2 heterocycles. The number of ether oxygens (including phenoxy) is 5. The van der Waals surface area contributed by atoms with Crippen LogP contribution < -0.4 is 29.3 Å². The van der Waals surface area contributed by atoms with E-state index in [4.69, 9.17) is 28.1 Å². The van der Waals surface area contributed by atoms with Gasteiger partial charge in [-0.25, -0.2) is 4.79 Å². The van der Waals surface area contributed by atoms with Crippen LogP contribution in [0.25, 0.3) is 28.2 Å². The van der Waals surface area contributed by atoms with Gasteiger partial charge in [0.1, 0.15) is 62.4 Å².